The van der Waals surface area contributed by atoms with E-state index in [4.69, 9.17) is 4.74 Å². The highest BCUT2D eigenvalue weighted by molar-refractivity contribution is 14.1. The van der Waals surface area contributed by atoms with Crippen molar-refractivity contribution < 1.29 is 4.74 Å². The number of ether oxygens (including phenoxy) is 1. The van der Waals surface area contributed by atoms with Crippen LogP contribution >= 0.6 is 22.6 Å². The zero-order valence-electron chi connectivity index (χ0n) is 12.3. The van der Waals surface area contributed by atoms with E-state index in [0.717, 1.165) is 11.4 Å². The van der Waals surface area contributed by atoms with Crippen LogP contribution in [0.3, 0.4) is 0 Å². The molecule has 1 N–H and O–H groups in total. The molecule has 0 bridgehead atoms. The highest BCUT2D eigenvalue weighted by Crippen LogP contribution is 2.29. The number of anilines is 1. The lowest BCUT2D eigenvalue weighted by Gasteiger charge is -2.19. The Labute approximate surface area is 134 Å². The second-order valence-corrected chi connectivity index (χ2v) is 6.24. The number of aryl methyl sites for hydroxylation is 2. The highest BCUT2D eigenvalue weighted by Gasteiger charge is 2.11. The minimum absolute atomic E-state index is 0.198. The van der Waals surface area contributed by atoms with E-state index in [2.05, 4.69) is 85.1 Å². The Morgan fingerprint density at radius 2 is 1.85 bits per heavy atom. The highest BCUT2D eigenvalue weighted by atomic mass is 127. The number of hydrogen-bond donors (Lipinski definition) is 1. The van der Waals surface area contributed by atoms with Crippen LogP contribution in [0.1, 0.15) is 29.7 Å². The number of halogens is 1. The van der Waals surface area contributed by atoms with Crippen LogP contribution in [0.15, 0.2) is 36.4 Å². The molecule has 0 saturated heterocycles. The van der Waals surface area contributed by atoms with Crippen LogP contribution in [0, 0.1) is 17.4 Å². The van der Waals surface area contributed by atoms with Gasteiger partial charge in [-0.15, -0.1) is 0 Å². The lowest BCUT2D eigenvalue weighted by molar-refractivity contribution is 0.407. The summed E-state index contributed by atoms with van der Waals surface area (Å²) in [6.45, 7) is 6.35. The molecule has 0 amide bonds. The molecule has 0 aliphatic rings. The Bertz CT molecular complexity index is 610. The molecule has 2 aromatic carbocycles. The maximum Gasteiger partial charge on any atom is 0.124 e. The predicted molar refractivity (Wildman–Crippen MR) is 93.7 cm³/mol. The van der Waals surface area contributed by atoms with E-state index in [-0.39, 0.29) is 6.04 Å². The minimum Gasteiger partial charge on any atom is -0.496 e. The van der Waals surface area contributed by atoms with E-state index in [1.165, 1.54) is 20.3 Å². The Balaban J connectivity index is 2.23. The second kappa shape index (κ2) is 6.48. The van der Waals surface area contributed by atoms with Gasteiger partial charge in [0.2, 0.25) is 0 Å². The van der Waals surface area contributed by atoms with Crippen molar-refractivity contribution in [3.8, 4) is 5.75 Å². The smallest absolute Gasteiger partial charge is 0.124 e. The summed E-state index contributed by atoms with van der Waals surface area (Å²) in [4.78, 5) is 0. The summed E-state index contributed by atoms with van der Waals surface area (Å²) in [5, 5.41) is 3.54. The van der Waals surface area contributed by atoms with Crippen molar-refractivity contribution in [2.75, 3.05) is 12.4 Å². The van der Waals surface area contributed by atoms with Crippen LogP contribution in [0.5, 0.6) is 5.75 Å². The van der Waals surface area contributed by atoms with Crippen molar-refractivity contribution in [1.29, 1.82) is 0 Å². The first-order chi connectivity index (χ1) is 9.51. The summed E-state index contributed by atoms with van der Waals surface area (Å²) in [5.41, 5.74) is 4.82. The van der Waals surface area contributed by atoms with Crippen molar-refractivity contribution in [2.45, 2.75) is 26.8 Å². The Hall–Kier alpha value is -1.23. The molecule has 0 fully saturated rings. The molecule has 1 unspecified atom stereocenters. The third-order valence-corrected chi connectivity index (χ3v) is 4.57. The number of benzene rings is 2. The normalized spacial score (nSPS) is 12.1. The summed E-state index contributed by atoms with van der Waals surface area (Å²) in [5.74, 6) is 0.937. The lowest BCUT2D eigenvalue weighted by atomic mass is 10.0. The van der Waals surface area contributed by atoms with E-state index in [9.17, 15) is 0 Å². The van der Waals surface area contributed by atoms with Crippen molar-refractivity contribution >= 4 is 28.3 Å². The molecule has 0 radical (unpaired) electrons. The fourth-order valence-corrected chi connectivity index (χ4v) is 2.70. The SMILES string of the molecule is COc1cc(C)ccc1C(C)Nc1ccc(C)c(I)c1. The summed E-state index contributed by atoms with van der Waals surface area (Å²) in [6.07, 6.45) is 0. The van der Waals surface area contributed by atoms with Gasteiger partial charge in [0.1, 0.15) is 5.75 Å². The maximum atomic E-state index is 5.49. The fraction of sp³-hybridized carbons (Fsp3) is 0.294. The molecule has 2 aromatic rings. The first-order valence-corrected chi connectivity index (χ1v) is 7.76. The molecule has 2 rings (SSSR count). The van der Waals surface area contributed by atoms with Crippen LogP contribution in [0.25, 0.3) is 0 Å². The van der Waals surface area contributed by atoms with Crippen LogP contribution in [-0.2, 0) is 0 Å². The quantitative estimate of drug-likeness (QED) is 0.745. The van der Waals surface area contributed by atoms with Gasteiger partial charge in [0, 0.05) is 14.8 Å². The Kier molecular flexibility index (Phi) is 4.91. The van der Waals surface area contributed by atoms with E-state index in [1.807, 2.05) is 0 Å². The van der Waals surface area contributed by atoms with Crippen molar-refractivity contribution in [1.82, 2.24) is 0 Å². The fourth-order valence-electron chi connectivity index (χ4n) is 2.19. The molecule has 106 valence electrons. The number of methoxy groups -OCH3 is 1. The molecule has 20 heavy (non-hydrogen) atoms. The monoisotopic (exact) mass is 381 g/mol. The summed E-state index contributed by atoms with van der Waals surface area (Å²) < 4.78 is 6.76. The first-order valence-electron chi connectivity index (χ1n) is 6.68. The molecular formula is C17H20INO. The molecule has 1 atom stereocenters. The molecule has 0 aliphatic carbocycles. The molecular weight excluding hydrogens is 361 g/mol. The average Bonchev–Trinajstić information content (AvgIpc) is 2.42. The summed E-state index contributed by atoms with van der Waals surface area (Å²) in [6, 6.07) is 13.0. The van der Waals surface area contributed by atoms with Gasteiger partial charge in [0.25, 0.3) is 0 Å². The Morgan fingerprint density at radius 3 is 2.50 bits per heavy atom. The second-order valence-electron chi connectivity index (χ2n) is 5.08. The van der Waals surface area contributed by atoms with E-state index >= 15 is 0 Å². The molecule has 0 aliphatic heterocycles. The summed E-state index contributed by atoms with van der Waals surface area (Å²) in [7, 11) is 1.72. The molecule has 3 heteroatoms. The van der Waals surface area contributed by atoms with Gasteiger partial charge < -0.3 is 10.1 Å². The zero-order valence-corrected chi connectivity index (χ0v) is 14.5. The standard InChI is InChI=1S/C17H20INO/c1-11-5-8-15(17(9-11)20-4)13(3)19-14-7-6-12(2)16(18)10-14/h5-10,13,19H,1-4H3. The maximum absolute atomic E-state index is 5.49. The largest absolute Gasteiger partial charge is 0.496 e. The van der Waals surface area contributed by atoms with E-state index in [0.29, 0.717) is 0 Å². The van der Waals surface area contributed by atoms with Crippen molar-refractivity contribution in [3.05, 3.63) is 56.7 Å². The molecule has 0 aromatic heterocycles. The molecule has 0 heterocycles. The van der Waals surface area contributed by atoms with Gasteiger partial charge in [0.05, 0.1) is 13.2 Å². The third kappa shape index (κ3) is 3.45. The first kappa shape index (κ1) is 15.2. The predicted octanol–water partition coefficient (Wildman–Crippen LogP) is 5.09. The van der Waals surface area contributed by atoms with Gasteiger partial charge in [0.15, 0.2) is 0 Å². The van der Waals surface area contributed by atoms with Crippen LogP contribution < -0.4 is 10.1 Å². The average molecular weight is 381 g/mol. The van der Waals surface area contributed by atoms with Crippen LogP contribution in [0.2, 0.25) is 0 Å². The molecule has 0 spiro atoms. The van der Waals surface area contributed by atoms with Gasteiger partial charge in [-0.25, -0.2) is 0 Å². The molecule has 0 saturated carbocycles. The molecule has 2 nitrogen and oxygen atoms in total. The van der Waals surface area contributed by atoms with Crippen LogP contribution in [-0.4, -0.2) is 7.11 Å². The van der Waals surface area contributed by atoms with Gasteiger partial charge >= 0.3 is 0 Å². The van der Waals surface area contributed by atoms with E-state index in [1.54, 1.807) is 7.11 Å². The lowest BCUT2D eigenvalue weighted by Crippen LogP contribution is -2.08. The van der Waals surface area contributed by atoms with Gasteiger partial charge in [-0.05, 0) is 72.7 Å². The van der Waals surface area contributed by atoms with Gasteiger partial charge in [-0.3, -0.25) is 0 Å². The van der Waals surface area contributed by atoms with Crippen molar-refractivity contribution in [3.63, 3.8) is 0 Å². The Morgan fingerprint density at radius 1 is 1.10 bits per heavy atom. The van der Waals surface area contributed by atoms with Crippen LogP contribution in [0.4, 0.5) is 5.69 Å². The number of rotatable bonds is 4. The van der Waals surface area contributed by atoms with Crippen molar-refractivity contribution in [2.24, 2.45) is 0 Å². The zero-order chi connectivity index (χ0) is 14.7. The number of nitrogens with one attached hydrogen (secondary N) is 1. The topological polar surface area (TPSA) is 21.3 Å². The number of hydrogen-bond acceptors (Lipinski definition) is 2. The van der Waals surface area contributed by atoms with E-state index < -0.39 is 0 Å². The van der Waals surface area contributed by atoms with Gasteiger partial charge in [-0.2, -0.15) is 0 Å². The minimum atomic E-state index is 0.198. The third-order valence-electron chi connectivity index (χ3n) is 3.41. The van der Waals surface area contributed by atoms with Gasteiger partial charge in [-0.1, -0.05) is 18.2 Å². The summed E-state index contributed by atoms with van der Waals surface area (Å²) >= 11 is 2.37.